The summed E-state index contributed by atoms with van der Waals surface area (Å²) in [5.41, 5.74) is 6.33. The number of nitrogens with two attached hydrogens (primary N) is 1. The van der Waals surface area contributed by atoms with E-state index in [-0.39, 0.29) is 6.10 Å². The summed E-state index contributed by atoms with van der Waals surface area (Å²) < 4.78 is 10.9. The lowest BCUT2D eigenvalue weighted by molar-refractivity contribution is 0.0650. The Balaban J connectivity index is 2.55. The van der Waals surface area contributed by atoms with E-state index in [0.717, 1.165) is 11.4 Å². The topological polar surface area (TPSA) is 57.4 Å². The van der Waals surface area contributed by atoms with Gasteiger partial charge in [-0.1, -0.05) is 0 Å². The summed E-state index contributed by atoms with van der Waals surface area (Å²) in [5, 5.41) is 0. The van der Waals surface area contributed by atoms with Crippen molar-refractivity contribution in [2.24, 2.45) is 5.73 Å². The van der Waals surface area contributed by atoms with Crippen LogP contribution in [0.25, 0.3) is 0 Å². The zero-order valence-electron chi connectivity index (χ0n) is 9.27. The number of nitrogens with zero attached hydrogens (tertiary/aromatic N) is 1. The van der Waals surface area contributed by atoms with Crippen molar-refractivity contribution in [2.45, 2.75) is 26.5 Å². The molecule has 84 valence electrons. The standard InChI is InChI=1S/C11H18N2O2/c1-3-14-8-9(2)15-11-5-4-6-13-10(11)7-12/h4-6,9H,3,7-8,12H2,1-2H3. The van der Waals surface area contributed by atoms with Crippen LogP contribution in [0.1, 0.15) is 19.5 Å². The van der Waals surface area contributed by atoms with E-state index in [1.54, 1.807) is 6.20 Å². The van der Waals surface area contributed by atoms with Gasteiger partial charge in [-0.3, -0.25) is 4.98 Å². The van der Waals surface area contributed by atoms with Crippen LogP contribution in [0.5, 0.6) is 5.75 Å². The minimum absolute atomic E-state index is 0.0134. The smallest absolute Gasteiger partial charge is 0.142 e. The second-order valence-electron chi connectivity index (χ2n) is 3.24. The van der Waals surface area contributed by atoms with Crippen molar-refractivity contribution in [1.29, 1.82) is 0 Å². The monoisotopic (exact) mass is 210 g/mol. The van der Waals surface area contributed by atoms with E-state index >= 15 is 0 Å². The minimum Gasteiger partial charge on any atom is -0.486 e. The molecule has 0 bridgehead atoms. The van der Waals surface area contributed by atoms with Gasteiger partial charge >= 0.3 is 0 Å². The molecule has 0 aliphatic rings. The second kappa shape index (κ2) is 6.37. The fraction of sp³-hybridized carbons (Fsp3) is 0.545. The molecule has 0 aliphatic heterocycles. The highest BCUT2D eigenvalue weighted by molar-refractivity contribution is 5.26. The third kappa shape index (κ3) is 3.85. The van der Waals surface area contributed by atoms with Crippen LogP contribution < -0.4 is 10.5 Å². The average molecular weight is 210 g/mol. The number of rotatable bonds is 6. The molecule has 0 fully saturated rings. The first-order valence-electron chi connectivity index (χ1n) is 5.16. The van der Waals surface area contributed by atoms with Crippen molar-refractivity contribution in [3.05, 3.63) is 24.0 Å². The highest BCUT2D eigenvalue weighted by atomic mass is 16.5. The molecule has 0 aromatic carbocycles. The van der Waals surface area contributed by atoms with Crippen LogP contribution >= 0.6 is 0 Å². The van der Waals surface area contributed by atoms with Gasteiger partial charge in [-0.15, -0.1) is 0 Å². The van der Waals surface area contributed by atoms with Gasteiger partial charge in [-0.25, -0.2) is 0 Å². The van der Waals surface area contributed by atoms with Gasteiger partial charge in [0.25, 0.3) is 0 Å². The number of hydrogen-bond acceptors (Lipinski definition) is 4. The Kier molecular flexibility index (Phi) is 5.07. The lowest BCUT2D eigenvalue weighted by Crippen LogP contribution is -2.20. The van der Waals surface area contributed by atoms with Gasteiger partial charge in [0.15, 0.2) is 0 Å². The van der Waals surface area contributed by atoms with Crippen molar-refractivity contribution in [2.75, 3.05) is 13.2 Å². The molecule has 1 heterocycles. The molecule has 0 aliphatic carbocycles. The van der Waals surface area contributed by atoms with Gasteiger partial charge in [-0.2, -0.15) is 0 Å². The van der Waals surface area contributed by atoms with Gasteiger partial charge in [0.05, 0.1) is 12.3 Å². The Bertz CT molecular complexity index is 292. The van der Waals surface area contributed by atoms with Crippen LogP contribution in [0.2, 0.25) is 0 Å². The Morgan fingerprint density at radius 3 is 3.00 bits per heavy atom. The van der Waals surface area contributed by atoms with Crippen molar-refractivity contribution < 1.29 is 9.47 Å². The van der Waals surface area contributed by atoms with Crippen molar-refractivity contribution >= 4 is 0 Å². The quantitative estimate of drug-likeness (QED) is 0.770. The molecule has 1 aromatic heterocycles. The van der Waals surface area contributed by atoms with E-state index in [0.29, 0.717) is 19.8 Å². The molecule has 1 unspecified atom stereocenters. The molecule has 0 radical (unpaired) electrons. The SMILES string of the molecule is CCOCC(C)Oc1cccnc1CN. The number of aromatic nitrogens is 1. The Hall–Kier alpha value is -1.13. The van der Waals surface area contributed by atoms with Crippen molar-refractivity contribution in [1.82, 2.24) is 4.98 Å². The first kappa shape index (κ1) is 11.9. The maximum Gasteiger partial charge on any atom is 0.142 e. The maximum absolute atomic E-state index is 5.67. The molecule has 2 N–H and O–H groups in total. The third-order valence-electron chi connectivity index (χ3n) is 1.93. The van der Waals surface area contributed by atoms with Crippen LogP contribution in [-0.2, 0) is 11.3 Å². The number of ether oxygens (including phenoxy) is 2. The third-order valence-corrected chi connectivity index (χ3v) is 1.93. The normalized spacial score (nSPS) is 12.5. The molecular weight excluding hydrogens is 192 g/mol. The summed E-state index contributed by atoms with van der Waals surface area (Å²) in [5.74, 6) is 0.743. The first-order chi connectivity index (χ1) is 7.27. The van der Waals surface area contributed by atoms with Crippen LogP contribution in [0.3, 0.4) is 0 Å². The van der Waals surface area contributed by atoms with Crippen molar-refractivity contribution in [3.63, 3.8) is 0 Å². The predicted octanol–water partition coefficient (Wildman–Crippen LogP) is 1.34. The summed E-state index contributed by atoms with van der Waals surface area (Å²) in [4.78, 5) is 4.14. The van der Waals surface area contributed by atoms with Gasteiger partial charge in [0, 0.05) is 19.3 Å². The number of hydrogen-bond donors (Lipinski definition) is 1. The van der Waals surface area contributed by atoms with Gasteiger partial charge in [-0.05, 0) is 26.0 Å². The largest absolute Gasteiger partial charge is 0.486 e. The van der Waals surface area contributed by atoms with Crippen LogP contribution in [0.15, 0.2) is 18.3 Å². The first-order valence-corrected chi connectivity index (χ1v) is 5.16. The van der Waals surface area contributed by atoms with Crippen LogP contribution in [-0.4, -0.2) is 24.3 Å². The molecule has 0 amide bonds. The van der Waals surface area contributed by atoms with E-state index in [2.05, 4.69) is 4.98 Å². The Morgan fingerprint density at radius 2 is 2.33 bits per heavy atom. The summed E-state index contributed by atoms with van der Waals surface area (Å²) in [6.07, 6.45) is 1.72. The van der Waals surface area contributed by atoms with Crippen LogP contribution in [0.4, 0.5) is 0 Å². The molecule has 1 atom stereocenters. The zero-order valence-corrected chi connectivity index (χ0v) is 9.27. The highest BCUT2D eigenvalue weighted by Crippen LogP contribution is 2.16. The zero-order chi connectivity index (χ0) is 11.1. The lowest BCUT2D eigenvalue weighted by atomic mass is 10.3. The molecule has 4 nitrogen and oxygen atoms in total. The number of pyridine rings is 1. The Labute approximate surface area is 90.4 Å². The maximum atomic E-state index is 5.67. The summed E-state index contributed by atoms with van der Waals surface area (Å²) in [6, 6.07) is 3.71. The molecule has 0 saturated carbocycles. The van der Waals surface area contributed by atoms with E-state index in [4.69, 9.17) is 15.2 Å². The highest BCUT2D eigenvalue weighted by Gasteiger charge is 2.07. The van der Waals surface area contributed by atoms with E-state index < -0.39 is 0 Å². The molecule has 0 saturated heterocycles. The second-order valence-corrected chi connectivity index (χ2v) is 3.24. The molecule has 1 aromatic rings. The molecule has 15 heavy (non-hydrogen) atoms. The van der Waals surface area contributed by atoms with Gasteiger partial charge in [0.1, 0.15) is 11.9 Å². The average Bonchev–Trinajstić information content (AvgIpc) is 2.27. The molecule has 1 rings (SSSR count). The van der Waals surface area contributed by atoms with E-state index in [1.165, 1.54) is 0 Å². The molecule has 4 heteroatoms. The lowest BCUT2D eigenvalue weighted by Gasteiger charge is -2.15. The van der Waals surface area contributed by atoms with Crippen LogP contribution in [0, 0.1) is 0 Å². The van der Waals surface area contributed by atoms with E-state index in [9.17, 15) is 0 Å². The van der Waals surface area contributed by atoms with E-state index in [1.807, 2.05) is 26.0 Å². The summed E-state index contributed by atoms with van der Waals surface area (Å²) in [7, 11) is 0. The fourth-order valence-corrected chi connectivity index (χ4v) is 1.22. The minimum atomic E-state index is 0.0134. The fourth-order valence-electron chi connectivity index (χ4n) is 1.22. The predicted molar refractivity (Wildman–Crippen MR) is 58.7 cm³/mol. The molecular formula is C11H18N2O2. The summed E-state index contributed by atoms with van der Waals surface area (Å²) >= 11 is 0. The Morgan fingerprint density at radius 1 is 1.53 bits per heavy atom. The van der Waals surface area contributed by atoms with Gasteiger partial charge < -0.3 is 15.2 Å². The van der Waals surface area contributed by atoms with Crippen molar-refractivity contribution in [3.8, 4) is 5.75 Å². The van der Waals surface area contributed by atoms with Gasteiger partial charge in [0.2, 0.25) is 0 Å². The summed E-state index contributed by atoms with van der Waals surface area (Å²) in [6.45, 7) is 5.59. The molecule has 0 spiro atoms.